The summed E-state index contributed by atoms with van der Waals surface area (Å²) in [4.78, 5) is 0. The molecule has 6 heteroatoms. The van der Waals surface area contributed by atoms with Crippen LogP contribution in [0.15, 0.2) is 0 Å². The Bertz CT molecular complexity index is 454. The molecule has 0 spiro atoms. The van der Waals surface area contributed by atoms with E-state index in [0.717, 1.165) is 42.2 Å². The van der Waals surface area contributed by atoms with Gasteiger partial charge in [0.1, 0.15) is 0 Å². The molecule has 1 atom stereocenters. The zero-order valence-electron chi connectivity index (χ0n) is 12.6. The maximum absolute atomic E-state index is 6.40. The van der Waals surface area contributed by atoms with Crippen molar-refractivity contribution in [3.05, 3.63) is 16.4 Å². The quantitative estimate of drug-likeness (QED) is 0.624. The molecule has 1 aromatic rings. The van der Waals surface area contributed by atoms with Gasteiger partial charge in [-0.3, -0.25) is 16.0 Å². The molecule has 0 aliphatic heterocycles. The maximum Gasteiger partial charge on any atom is 0.0848 e. The molecule has 2 rings (SSSR count). The van der Waals surface area contributed by atoms with E-state index in [1.807, 2.05) is 11.6 Å². The third-order valence-electron chi connectivity index (χ3n) is 4.54. The molecule has 3 N–H and O–H groups in total. The van der Waals surface area contributed by atoms with E-state index in [4.69, 9.17) is 22.2 Å². The molecule has 1 heterocycles. The van der Waals surface area contributed by atoms with Crippen molar-refractivity contribution in [2.24, 2.45) is 5.84 Å². The number of aryl methyl sites for hydroxylation is 2. The van der Waals surface area contributed by atoms with Gasteiger partial charge in [0.15, 0.2) is 0 Å². The molecule has 0 saturated heterocycles. The molecule has 20 heavy (non-hydrogen) atoms. The maximum atomic E-state index is 6.40. The first-order chi connectivity index (χ1) is 9.57. The van der Waals surface area contributed by atoms with Crippen LogP contribution < -0.4 is 11.3 Å². The number of methoxy groups -OCH3 is 1. The minimum atomic E-state index is -0.186. The highest BCUT2D eigenvalue weighted by Gasteiger charge is 2.41. The fourth-order valence-corrected chi connectivity index (χ4v) is 3.53. The number of aromatic nitrogens is 2. The van der Waals surface area contributed by atoms with Crippen LogP contribution in [0.2, 0.25) is 5.02 Å². The van der Waals surface area contributed by atoms with Gasteiger partial charge >= 0.3 is 0 Å². The minimum absolute atomic E-state index is 0.0499. The number of nitrogens with zero attached hydrogens (tertiary/aromatic N) is 2. The van der Waals surface area contributed by atoms with Crippen LogP contribution in [0.1, 0.15) is 44.0 Å². The molecular formula is C14H25ClN4O. The van der Waals surface area contributed by atoms with Crippen molar-refractivity contribution in [1.82, 2.24) is 15.2 Å². The molecule has 1 aromatic heterocycles. The van der Waals surface area contributed by atoms with Gasteiger partial charge in [0.25, 0.3) is 0 Å². The van der Waals surface area contributed by atoms with E-state index in [0.29, 0.717) is 0 Å². The lowest BCUT2D eigenvalue weighted by Gasteiger charge is -2.36. The number of hydrazine groups is 1. The number of ether oxygens (including phenoxy) is 1. The molecule has 1 aliphatic rings. The molecule has 1 saturated carbocycles. The number of hydrogen-bond acceptors (Lipinski definition) is 4. The second-order valence-electron chi connectivity index (χ2n) is 5.56. The Morgan fingerprint density at radius 1 is 1.50 bits per heavy atom. The second kappa shape index (κ2) is 6.43. The summed E-state index contributed by atoms with van der Waals surface area (Å²) >= 11 is 6.40. The van der Waals surface area contributed by atoms with Crippen LogP contribution in [0.5, 0.6) is 0 Å². The van der Waals surface area contributed by atoms with Crippen LogP contribution in [0.4, 0.5) is 0 Å². The SMILES string of the molecule is CCn1nc(C)c(Cl)c1CC(NN)C1(OC)CCCC1. The predicted molar refractivity (Wildman–Crippen MR) is 80.7 cm³/mol. The first kappa shape index (κ1) is 15.8. The molecular weight excluding hydrogens is 276 g/mol. The van der Waals surface area contributed by atoms with Gasteiger partial charge in [0.05, 0.1) is 28.1 Å². The minimum Gasteiger partial charge on any atom is -0.377 e. The van der Waals surface area contributed by atoms with Gasteiger partial charge in [0.2, 0.25) is 0 Å². The van der Waals surface area contributed by atoms with Crippen molar-refractivity contribution >= 4 is 11.6 Å². The van der Waals surface area contributed by atoms with Crippen molar-refractivity contribution in [1.29, 1.82) is 0 Å². The Morgan fingerprint density at radius 3 is 2.65 bits per heavy atom. The molecule has 0 amide bonds. The molecule has 0 bridgehead atoms. The zero-order valence-corrected chi connectivity index (χ0v) is 13.3. The summed E-state index contributed by atoms with van der Waals surface area (Å²) in [5, 5.41) is 5.21. The Hall–Kier alpha value is -0.620. The fourth-order valence-electron chi connectivity index (χ4n) is 3.32. The average molecular weight is 301 g/mol. The fraction of sp³-hybridized carbons (Fsp3) is 0.786. The van der Waals surface area contributed by atoms with Gasteiger partial charge in [-0.25, -0.2) is 0 Å². The van der Waals surface area contributed by atoms with Gasteiger partial charge in [-0.05, 0) is 26.7 Å². The lowest BCUT2D eigenvalue weighted by molar-refractivity contribution is -0.0360. The van der Waals surface area contributed by atoms with Crippen LogP contribution in [-0.4, -0.2) is 28.5 Å². The van der Waals surface area contributed by atoms with E-state index in [1.54, 1.807) is 7.11 Å². The zero-order chi connectivity index (χ0) is 14.8. The van der Waals surface area contributed by atoms with Crippen LogP contribution in [-0.2, 0) is 17.7 Å². The normalized spacial score (nSPS) is 19.4. The van der Waals surface area contributed by atoms with Crippen LogP contribution in [0, 0.1) is 6.92 Å². The molecule has 1 unspecified atom stereocenters. The Labute approximate surface area is 125 Å². The summed E-state index contributed by atoms with van der Waals surface area (Å²) in [6.45, 7) is 4.81. The number of nitrogens with two attached hydrogens (primary N) is 1. The van der Waals surface area contributed by atoms with Crippen LogP contribution >= 0.6 is 11.6 Å². The number of nitrogens with one attached hydrogen (secondary N) is 1. The van der Waals surface area contributed by atoms with E-state index in [1.165, 1.54) is 12.8 Å². The number of rotatable bonds is 6. The van der Waals surface area contributed by atoms with E-state index in [-0.39, 0.29) is 11.6 Å². The molecule has 1 aliphatic carbocycles. The monoisotopic (exact) mass is 300 g/mol. The highest BCUT2D eigenvalue weighted by Crippen LogP contribution is 2.37. The van der Waals surface area contributed by atoms with Crippen molar-refractivity contribution in [2.45, 2.75) is 64.1 Å². The van der Waals surface area contributed by atoms with Crippen molar-refractivity contribution < 1.29 is 4.74 Å². The second-order valence-corrected chi connectivity index (χ2v) is 5.94. The van der Waals surface area contributed by atoms with Gasteiger partial charge < -0.3 is 4.74 Å². The molecule has 1 fully saturated rings. The smallest absolute Gasteiger partial charge is 0.0848 e. The summed E-state index contributed by atoms with van der Waals surface area (Å²) in [7, 11) is 1.78. The number of hydrogen-bond donors (Lipinski definition) is 2. The third-order valence-corrected chi connectivity index (χ3v) is 5.03. The summed E-state index contributed by atoms with van der Waals surface area (Å²) in [6, 6.07) is 0.0499. The molecule has 5 nitrogen and oxygen atoms in total. The molecule has 0 radical (unpaired) electrons. The first-order valence-corrected chi connectivity index (χ1v) is 7.68. The highest BCUT2D eigenvalue weighted by molar-refractivity contribution is 6.31. The lowest BCUT2D eigenvalue weighted by atomic mass is 9.89. The number of halogens is 1. The first-order valence-electron chi connectivity index (χ1n) is 7.31. The van der Waals surface area contributed by atoms with E-state index >= 15 is 0 Å². The van der Waals surface area contributed by atoms with E-state index in [9.17, 15) is 0 Å². The topological polar surface area (TPSA) is 65.1 Å². The van der Waals surface area contributed by atoms with Gasteiger partial charge in [-0.15, -0.1) is 0 Å². The van der Waals surface area contributed by atoms with Gasteiger partial charge in [-0.2, -0.15) is 5.10 Å². The van der Waals surface area contributed by atoms with E-state index < -0.39 is 0 Å². The average Bonchev–Trinajstić information content (AvgIpc) is 3.04. The van der Waals surface area contributed by atoms with Crippen LogP contribution in [0.25, 0.3) is 0 Å². The van der Waals surface area contributed by atoms with Crippen molar-refractivity contribution in [3.8, 4) is 0 Å². The summed E-state index contributed by atoms with van der Waals surface area (Å²) in [5.74, 6) is 5.81. The standard InChI is InChI=1S/C14H25ClN4O/c1-4-19-11(13(15)10(2)18-19)9-12(17-16)14(20-3)7-5-6-8-14/h12,17H,4-9,16H2,1-3H3. The largest absolute Gasteiger partial charge is 0.377 e. The van der Waals surface area contributed by atoms with Crippen molar-refractivity contribution in [2.75, 3.05) is 7.11 Å². The summed E-state index contributed by atoms with van der Waals surface area (Å²) < 4.78 is 7.79. The Morgan fingerprint density at radius 2 is 2.15 bits per heavy atom. The Balaban J connectivity index is 2.26. The predicted octanol–water partition coefficient (Wildman–Crippen LogP) is 2.20. The summed E-state index contributed by atoms with van der Waals surface area (Å²) in [5.41, 5.74) is 4.67. The van der Waals surface area contributed by atoms with Crippen molar-refractivity contribution in [3.63, 3.8) is 0 Å². The summed E-state index contributed by atoms with van der Waals surface area (Å²) in [6.07, 6.45) is 5.18. The van der Waals surface area contributed by atoms with Gasteiger partial charge in [0, 0.05) is 20.1 Å². The third kappa shape index (κ3) is 2.72. The molecule has 114 valence electrons. The lowest BCUT2D eigenvalue weighted by Crippen LogP contribution is -2.54. The molecule has 0 aromatic carbocycles. The van der Waals surface area contributed by atoms with Gasteiger partial charge in [-0.1, -0.05) is 24.4 Å². The Kier molecular flexibility index (Phi) is 5.07. The van der Waals surface area contributed by atoms with E-state index in [2.05, 4.69) is 17.4 Å². The highest BCUT2D eigenvalue weighted by atomic mass is 35.5. The van der Waals surface area contributed by atoms with Crippen LogP contribution in [0.3, 0.4) is 0 Å².